The van der Waals surface area contributed by atoms with Gasteiger partial charge in [-0.25, -0.2) is 4.98 Å². The van der Waals surface area contributed by atoms with Crippen LogP contribution in [0, 0.1) is 0 Å². The predicted molar refractivity (Wildman–Crippen MR) is 112 cm³/mol. The Hall–Kier alpha value is -3.10. The summed E-state index contributed by atoms with van der Waals surface area (Å²) in [7, 11) is 0. The van der Waals surface area contributed by atoms with Gasteiger partial charge in [0.1, 0.15) is 0 Å². The predicted octanol–water partition coefficient (Wildman–Crippen LogP) is 6.40. The molecule has 0 aliphatic carbocycles. The summed E-state index contributed by atoms with van der Waals surface area (Å²) in [5, 5.41) is 1.98. The van der Waals surface area contributed by atoms with E-state index in [9.17, 15) is 0 Å². The number of rotatable bonds is 3. The number of benzene rings is 3. The van der Waals surface area contributed by atoms with Crippen LogP contribution in [0.3, 0.4) is 0 Å². The van der Waals surface area contributed by atoms with E-state index in [0.29, 0.717) is 0 Å². The molecule has 0 bridgehead atoms. The van der Waals surface area contributed by atoms with Crippen LogP contribution in [-0.2, 0) is 6.42 Å². The number of hydrogen-bond acceptors (Lipinski definition) is 1. The second-order valence-corrected chi connectivity index (χ2v) is 7.14. The maximum atomic E-state index is 6.03. The standard InChI is InChI=1S/C24H17ClN2/c25-20-12-10-17(11-13-20)14-21-16-27-22-9-5-4-8-19(22)15-23(27)24(26-21)18-6-2-1-3-7-18/h1-13,15-16H,14H2. The molecule has 5 aromatic rings. The first kappa shape index (κ1) is 16.1. The van der Waals surface area contributed by atoms with E-state index in [2.05, 4.69) is 77.3 Å². The number of para-hydroxylation sites is 1. The monoisotopic (exact) mass is 368 g/mol. The molecule has 0 aliphatic rings. The molecule has 0 unspecified atom stereocenters. The van der Waals surface area contributed by atoms with Gasteiger partial charge in [0.2, 0.25) is 0 Å². The van der Waals surface area contributed by atoms with Gasteiger partial charge in [0.15, 0.2) is 0 Å². The van der Waals surface area contributed by atoms with E-state index in [1.165, 1.54) is 16.5 Å². The van der Waals surface area contributed by atoms with Crippen LogP contribution in [0.2, 0.25) is 5.02 Å². The third-order valence-electron chi connectivity index (χ3n) is 4.87. The number of halogens is 1. The van der Waals surface area contributed by atoms with E-state index >= 15 is 0 Å². The van der Waals surface area contributed by atoms with Crippen LogP contribution in [0.15, 0.2) is 91.1 Å². The second-order valence-electron chi connectivity index (χ2n) is 6.71. The summed E-state index contributed by atoms with van der Waals surface area (Å²) >= 11 is 6.03. The zero-order valence-corrected chi connectivity index (χ0v) is 15.4. The van der Waals surface area contributed by atoms with Gasteiger partial charge in [-0.15, -0.1) is 0 Å². The smallest absolute Gasteiger partial charge is 0.0946 e. The van der Waals surface area contributed by atoms with Crippen LogP contribution in [0.4, 0.5) is 0 Å². The molecular formula is C24H17ClN2. The molecular weight excluding hydrogens is 352 g/mol. The molecule has 0 fully saturated rings. The van der Waals surface area contributed by atoms with E-state index in [4.69, 9.17) is 16.6 Å². The van der Waals surface area contributed by atoms with E-state index in [-0.39, 0.29) is 0 Å². The number of aromatic nitrogens is 2. The van der Waals surface area contributed by atoms with Gasteiger partial charge >= 0.3 is 0 Å². The van der Waals surface area contributed by atoms with Crippen molar-refractivity contribution in [2.24, 2.45) is 0 Å². The normalized spacial score (nSPS) is 11.3. The maximum Gasteiger partial charge on any atom is 0.0946 e. The van der Waals surface area contributed by atoms with Crippen LogP contribution < -0.4 is 0 Å². The average Bonchev–Trinajstić information content (AvgIpc) is 3.09. The molecule has 0 N–H and O–H groups in total. The van der Waals surface area contributed by atoms with Crippen molar-refractivity contribution in [1.82, 2.24) is 9.38 Å². The van der Waals surface area contributed by atoms with E-state index < -0.39 is 0 Å². The summed E-state index contributed by atoms with van der Waals surface area (Å²) in [5.41, 5.74) is 6.69. The van der Waals surface area contributed by atoms with Crippen molar-refractivity contribution in [2.45, 2.75) is 6.42 Å². The molecule has 130 valence electrons. The van der Waals surface area contributed by atoms with Crippen molar-refractivity contribution in [3.8, 4) is 11.3 Å². The second kappa shape index (κ2) is 6.57. The fourth-order valence-electron chi connectivity index (χ4n) is 3.58. The Balaban J connectivity index is 1.74. The number of hydrogen-bond donors (Lipinski definition) is 0. The molecule has 5 rings (SSSR count). The van der Waals surface area contributed by atoms with Crippen LogP contribution in [-0.4, -0.2) is 9.38 Å². The summed E-state index contributed by atoms with van der Waals surface area (Å²) in [6.45, 7) is 0. The molecule has 0 saturated carbocycles. The van der Waals surface area contributed by atoms with Gasteiger partial charge < -0.3 is 4.40 Å². The number of fused-ring (bicyclic) bond motifs is 3. The van der Waals surface area contributed by atoms with E-state index in [1.54, 1.807) is 0 Å². The van der Waals surface area contributed by atoms with Crippen LogP contribution in [0.1, 0.15) is 11.3 Å². The Kier molecular flexibility index (Phi) is 3.92. The Bertz CT molecular complexity index is 1240. The van der Waals surface area contributed by atoms with E-state index in [0.717, 1.165) is 33.9 Å². The highest BCUT2D eigenvalue weighted by Crippen LogP contribution is 2.29. The lowest BCUT2D eigenvalue weighted by molar-refractivity contribution is 1.03. The van der Waals surface area contributed by atoms with Gasteiger partial charge in [-0.05, 0) is 29.8 Å². The van der Waals surface area contributed by atoms with Gasteiger partial charge in [0.25, 0.3) is 0 Å². The molecule has 2 aromatic heterocycles. The van der Waals surface area contributed by atoms with Crippen molar-refractivity contribution >= 4 is 28.0 Å². The summed E-state index contributed by atoms with van der Waals surface area (Å²) in [5.74, 6) is 0. The highest BCUT2D eigenvalue weighted by atomic mass is 35.5. The summed E-state index contributed by atoms with van der Waals surface area (Å²) in [4.78, 5) is 5.03. The summed E-state index contributed by atoms with van der Waals surface area (Å²) in [6.07, 6.45) is 2.91. The van der Waals surface area contributed by atoms with Crippen molar-refractivity contribution in [1.29, 1.82) is 0 Å². The molecule has 2 nitrogen and oxygen atoms in total. The van der Waals surface area contributed by atoms with Gasteiger partial charge in [-0.3, -0.25) is 0 Å². The highest BCUT2D eigenvalue weighted by Gasteiger charge is 2.12. The first-order valence-corrected chi connectivity index (χ1v) is 9.35. The molecule has 0 aliphatic heterocycles. The molecule has 3 heteroatoms. The Labute approximate surface area is 162 Å². The molecule has 0 saturated heterocycles. The zero-order chi connectivity index (χ0) is 18.2. The Morgan fingerprint density at radius 2 is 1.52 bits per heavy atom. The quantitative estimate of drug-likeness (QED) is 0.360. The minimum Gasteiger partial charge on any atom is -0.313 e. The first-order chi connectivity index (χ1) is 13.3. The topological polar surface area (TPSA) is 17.3 Å². The van der Waals surface area contributed by atoms with E-state index in [1.807, 2.05) is 18.2 Å². The fourth-order valence-corrected chi connectivity index (χ4v) is 3.71. The molecule has 3 aromatic carbocycles. The summed E-state index contributed by atoms with van der Waals surface area (Å²) in [6, 6.07) is 29.0. The van der Waals surface area contributed by atoms with Crippen molar-refractivity contribution in [3.05, 3.63) is 107 Å². The Morgan fingerprint density at radius 3 is 2.33 bits per heavy atom. The van der Waals surface area contributed by atoms with Crippen LogP contribution in [0.25, 0.3) is 27.7 Å². The molecule has 0 radical (unpaired) electrons. The third-order valence-corrected chi connectivity index (χ3v) is 5.12. The maximum absolute atomic E-state index is 6.03. The lowest BCUT2D eigenvalue weighted by Crippen LogP contribution is -1.99. The van der Waals surface area contributed by atoms with Crippen molar-refractivity contribution in [3.63, 3.8) is 0 Å². The third kappa shape index (κ3) is 2.98. The first-order valence-electron chi connectivity index (χ1n) is 8.97. The molecule has 0 spiro atoms. The molecule has 2 heterocycles. The fraction of sp³-hybridized carbons (Fsp3) is 0.0417. The minimum absolute atomic E-state index is 0.753. The summed E-state index contributed by atoms with van der Waals surface area (Å²) < 4.78 is 2.26. The zero-order valence-electron chi connectivity index (χ0n) is 14.6. The van der Waals surface area contributed by atoms with Crippen molar-refractivity contribution in [2.75, 3.05) is 0 Å². The Morgan fingerprint density at radius 1 is 0.778 bits per heavy atom. The van der Waals surface area contributed by atoms with Gasteiger partial charge in [-0.2, -0.15) is 0 Å². The van der Waals surface area contributed by atoms with Gasteiger partial charge in [-0.1, -0.05) is 72.3 Å². The molecule has 0 atom stereocenters. The molecule has 0 amide bonds. The van der Waals surface area contributed by atoms with Crippen molar-refractivity contribution < 1.29 is 0 Å². The largest absolute Gasteiger partial charge is 0.313 e. The van der Waals surface area contributed by atoms with Gasteiger partial charge in [0, 0.05) is 28.6 Å². The van der Waals surface area contributed by atoms with Crippen LogP contribution in [0.5, 0.6) is 0 Å². The van der Waals surface area contributed by atoms with Crippen LogP contribution >= 0.6 is 11.6 Å². The molecule has 27 heavy (non-hydrogen) atoms. The SMILES string of the molecule is Clc1ccc(Cc2cn3c(cc4ccccc43)c(-c3ccccc3)n2)cc1. The lowest BCUT2D eigenvalue weighted by Gasteiger charge is -2.10. The highest BCUT2D eigenvalue weighted by molar-refractivity contribution is 6.30. The minimum atomic E-state index is 0.753. The average molecular weight is 369 g/mol. The number of nitrogens with zero attached hydrogens (tertiary/aromatic N) is 2. The lowest BCUT2D eigenvalue weighted by atomic mass is 10.1. The van der Waals surface area contributed by atoms with Gasteiger partial charge in [0.05, 0.1) is 22.4 Å².